The zero-order chi connectivity index (χ0) is 30.1. The molecular weight excluding hydrogens is 547 g/mol. The number of carbonyl (C=O) groups is 3. The summed E-state index contributed by atoms with van der Waals surface area (Å²) in [7, 11) is 0. The van der Waals surface area contributed by atoms with Crippen molar-refractivity contribution in [1.82, 2.24) is 20.2 Å². The number of benzene rings is 1. The molecule has 2 aromatic heterocycles. The number of halogens is 1. The first-order valence-electron chi connectivity index (χ1n) is 14.1. The van der Waals surface area contributed by atoms with Crippen LogP contribution in [0.25, 0.3) is 22.3 Å². The Hall–Kier alpha value is -4.16. The number of aryl methyl sites for hydroxylation is 1. The summed E-state index contributed by atoms with van der Waals surface area (Å²) in [4.78, 5) is 56.2. The number of nitrogens with one attached hydrogen (secondary N) is 2. The van der Waals surface area contributed by atoms with Crippen molar-refractivity contribution in [3.05, 3.63) is 61.7 Å². The molecule has 3 aliphatic rings. The van der Waals surface area contributed by atoms with Crippen LogP contribution in [0.3, 0.4) is 0 Å². The number of carbonyl (C=O) groups excluding carboxylic acids is 3. The first-order chi connectivity index (χ1) is 20.0. The summed E-state index contributed by atoms with van der Waals surface area (Å²) in [6, 6.07) is 1.18. The molecule has 1 aromatic carbocycles. The molecule has 0 unspecified atom stereocenters. The third-order valence-electron chi connectivity index (χ3n) is 8.85. The number of cyclic esters (lactones) is 1. The number of aliphatic hydroxyl groups is 2. The number of esters is 1. The lowest BCUT2D eigenvalue weighted by Gasteiger charge is -2.31. The minimum absolute atomic E-state index is 0.00642. The van der Waals surface area contributed by atoms with Crippen LogP contribution in [0, 0.1) is 12.7 Å². The van der Waals surface area contributed by atoms with Crippen LogP contribution in [0.5, 0.6) is 0 Å². The molecule has 0 fully saturated rings. The molecular formula is C30H31FN4O7. The van der Waals surface area contributed by atoms with Gasteiger partial charge in [-0.15, -0.1) is 0 Å². The fraction of sp³-hybridized carbons (Fsp3) is 0.433. The van der Waals surface area contributed by atoms with Crippen LogP contribution in [0.2, 0.25) is 0 Å². The van der Waals surface area contributed by atoms with Crippen LogP contribution in [-0.2, 0) is 44.3 Å². The van der Waals surface area contributed by atoms with Gasteiger partial charge in [-0.25, -0.2) is 14.2 Å². The Morgan fingerprint density at radius 1 is 1.24 bits per heavy atom. The summed E-state index contributed by atoms with van der Waals surface area (Å²) in [6.07, 6.45) is 1.00. The Kier molecular flexibility index (Phi) is 6.65. The van der Waals surface area contributed by atoms with E-state index in [0.29, 0.717) is 51.8 Å². The minimum atomic E-state index is -1.99. The topological polar surface area (TPSA) is 160 Å². The van der Waals surface area contributed by atoms with Crippen molar-refractivity contribution in [2.45, 2.75) is 77.3 Å². The average Bonchev–Trinajstić information content (AvgIpc) is 3.35. The number of amides is 2. The number of aliphatic hydroxyl groups excluding tert-OH is 1. The van der Waals surface area contributed by atoms with Gasteiger partial charge in [0.15, 0.2) is 5.60 Å². The fourth-order valence-electron chi connectivity index (χ4n) is 6.46. The number of pyridine rings is 2. The molecule has 220 valence electrons. The van der Waals surface area contributed by atoms with E-state index in [0.717, 1.165) is 5.56 Å². The van der Waals surface area contributed by atoms with Crippen molar-refractivity contribution < 1.29 is 33.7 Å². The molecule has 0 saturated carbocycles. The Morgan fingerprint density at radius 3 is 2.69 bits per heavy atom. The molecule has 2 amide bonds. The monoisotopic (exact) mass is 578 g/mol. The number of aromatic nitrogens is 2. The van der Waals surface area contributed by atoms with E-state index in [4.69, 9.17) is 9.72 Å². The molecule has 4 heterocycles. The van der Waals surface area contributed by atoms with Gasteiger partial charge >= 0.3 is 5.97 Å². The van der Waals surface area contributed by atoms with E-state index in [-0.39, 0.29) is 43.0 Å². The van der Waals surface area contributed by atoms with E-state index in [1.165, 1.54) is 10.6 Å². The third kappa shape index (κ3) is 3.96. The molecule has 1 aliphatic carbocycles. The van der Waals surface area contributed by atoms with Crippen LogP contribution in [0.15, 0.2) is 16.9 Å². The van der Waals surface area contributed by atoms with Crippen LogP contribution < -0.4 is 16.2 Å². The van der Waals surface area contributed by atoms with E-state index in [1.54, 1.807) is 26.8 Å². The van der Waals surface area contributed by atoms with Crippen molar-refractivity contribution in [1.29, 1.82) is 0 Å². The molecule has 0 saturated heterocycles. The predicted octanol–water partition coefficient (Wildman–Crippen LogP) is 1.52. The molecule has 11 nitrogen and oxygen atoms in total. The Bertz CT molecular complexity index is 1770. The van der Waals surface area contributed by atoms with Crippen LogP contribution in [0.1, 0.15) is 72.5 Å². The van der Waals surface area contributed by atoms with E-state index < -0.39 is 47.5 Å². The Balaban J connectivity index is 1.55. The SMILES string of the molecule is CCC(=O)N[C@@H](CO)C(=O)N[C@H]1CCc2c(C)c(F)cc3nc4c(c1c23)Cn1c-4cc2c(c1=O)COC(=O)[C@]2(O)CC. The maximum atomic E-state index is 15.1. The molecule has 3 atom stereocenters. The van der Waals surface area contributed by atoms with Crippen LogP contribution in [0.4, 0.5) is 4.39 Å². The van der Waals surface area contributed by atoms with Gasteiger partial charge in [-0.05, 0) is 48.9 Å². The minimum Gasteiger partial charge on any atom is -0.458 e. The summed E-state index contributed by atoms with van der Waals surface area (Å²) in [5.74, 6) is -2.22. The van der Waals surface area contributed by atoms with Gasteiger partial charge in [-0.1, -0.05) is 13.8 Å². The molecule has 0 bridgehead atoms. The van der Waals surface area contributed by atoms with E-state index in [2.05, 4.69) is 10.6 Å². The highest BCUT2D eigenvalue weighted by Crippen LogP contribution is 2.45. The second-order valence-corrected chi connectivity index (χ2v) is 11.1. The Labute approximate surface area is 239 Å². The molecule has 3 aromatic rings. The summed E-state index contributed by atoms with van der Waals surface area (Å²) >= 11 is 0. The summed E-state index contributed by atoms with van der Waals surface area (Å²) in [6.45, 7) is 4.19. The zero-order valence-corrected chi connectivity index (χ0v) is 23.5. The van der Waals surface area contributed by atoms with Crippen LogP contribution >= 0.6 is 0 Å². The van der Waals surface area contributed by atoms with Gasteiger partial charge in [0, 0.05) is 29.0 Å². The fourth-order valence-corrected chi connectivity index (χ4v) is 6.46. The number of hydrogen-bond acceptors (Lipinski definition) is 8. The number of rotatable bonds is 6. The van der Waals surface area contributed by atoms with E-state index >= 15 is 4.39 Å². The Morgan fingerprint density at radius 2 is 2.00 bits per heavy atom. The molecule has 12 heteroatoms. The van der Waals surface area contributed by atoms with Gasteiger partial charge in [0.1, 0.15) is 18.5 Å². The summed E-state index contributed by atoms with van der Waals surface area (Å²) < 4.78 is 21.7. The van der Waals surface area contributed by atoms with Gasteiger partial charge in [-0.3, -0.25) is 14.4 Å². The number of ether oxygens (including phenoxy) is 1. The maximum absolute atomic E-state index is 15.1. The lowest BCUT2D eigenvalue weighted by atomic mass is 9.81. The van der Waals surface area contributed by atoms with Crippen molar-refractivity contribution in [2.75, 3.05) is 6.61 Å². The number of fused-ring (bicyclic) bond motifs is 5. The van der Waals surface area contributed by atoms with Crippen molar-refractivity contribution in [2.24, 2.45) is 0 Å². The third-order valence-corrected chi connectivity index (χ3v) is 8.85. The highest BCUT2D eigenvalue weighted by molar-refractivity contribution is 5.94. The molecule has 4 N–H and O–H groups in total. The predicted molar refractivity (Wildman–Crippen MR) is 148 cm³/mol. The van der Waals surface area contributed by atoms with Gasteiger partial charge in [0.25, 0.3) is 5.56 Å². The van der Waals surface area contributed by atoms with Crippen LogP contribution in [-0.4, -0.2) is 50.2 Å². The second-order valence-electron chi connectivity index (χ2n) is 11.1. The van der Waals surface area contributed by atoms with E-state index in [9.17, 15) is 29.4 Å². The first-order valence-corrected chi connectivity index (χ1v) is 14.1. The largest absolute Gasteiger partial charge is 0.458 e. The maximum Gasteiger partial charge on any atom is 0.343 e. The quantitative estimate of drug-likeness (QED) is 0.251. The molecule has 6 rings (SSSR count). The number of hydrogen-bond donors (Lipinski definition) is 4. The smallest absolute Gasteiger partial charge is 0.343 e. The molecule has 0 radical (unpaired) electrons. The zero-order valence-electron chi connectivity index (χ0n) is 23.5. The second kappa shape index (κ2) is 9.99. The lowest BCUT2D eigenvalue weighted by Crippen LogP contribution is -2.50. The first kappa shape index (κ1) is 28.0. The van der Waals surface area contributed by atoms with Gasteiger partial charge in [0.2, 0.25) is 11.8 Å². The van der Waals surface area contributed by atoms with Gasteiger partial charge in [-0.2, -0.15) is 0 Å². The number of nitrogens with zero attached hydrogens (tertiary/aromatic N) is 2. The highest BCUT2D eigenvalue weighted by atomic mass is 19.1. The summed E-state index contributed by atoms with van der Waals surface area (Å²) in [5.41, 5.74) is 1.61. The molecule has 2 aliphatic heterocycles. The summed E-state index contributed by atoms with van der Waals surface area (Å²) in [5, 5.41) is 27.2. The van der Waals surface area contributed by atoms with Gasteiger partial charge < -0.3 is 30.2 Å². The lowest BCUT2D eigenvalue weighted by molar-refractivity contribution is -0.172. The van der Waals surface area contributed by atoms with Crippen molar-refractivity contribution in [3.63, 3.8) is 0 Å². The normalized spacial score (nSPS) is 20.8. The van der Waals surface area contributed by atoms with E-state index in [1.807, 2.05) is 0 Å². The van der Waals surface area contributed by atoms with Gasteiger partial charge in [0.05, 0.1) is 41.7 Å². The van der Waals surface area contributed by atoms with Crippen molar-refractivity contribution >= 4 is 28.7 Å². The van der Waals surface area contributed by atoms with Crippen molar-refractivity contribution in [3.8, 4) is 11.4 Å². The standard InChI is InChI=1S/C30H31FN4O7/c1-4-23(37)32-21(11-36)27(38)34-19-7-6-14-13(3)18(31)9-20-24(14)25(19)15-10-35-22(26(15)33-20)8-17-16(28(35)39)12-42-29(40)30(17,41)5-2/h8-9,19,21,36,41H,4-7,10-12H2,1-3H3,(H,32,37)(H,34,38)/t19-,21-,30-/m0/s1. The average molecular weight is 579 g/mol. The highest BCUT2D eigenvalue weighted by Gasteiger charge is 2.46. The molecule has 0 spiro atoms. The molecule has 42 heavy (non-hydrogen) atoms.